The third kappa shape index (κ3) is 2.21. The molecule has 5 heteroatoms. The van der Waals surface area contributed by atoms with Crippen molar-refractivity contribution >= 4 is 17.6 Å². The molecule has 1 aromatic carbocycles. The molecule has 0 aromatic heterocycles. The van der Waals surface area contributed by atoms with Gasteiger partial charge in [0.25, 0.3) is 0 Å². The van der Waals surface area contributed by atoms with Gasteiger partial charge in [-0.05, 0) is 23.8 Å². The van der Waals surface area contributed by atoms with E-state index in [9.17, 15) is 9.18 Å². The number of rotatable bonds is 2. The van der Waals surface area contributed by atoms with E-state index in [2.05, 4.69) is 0 Å². The average Bonchev–Trinajstić information content (AvgIpc) is 2.02. The third-order valence-corrected chi connectivity index (χ3v) is 1.81. The predicted octanol–water partition coefficient (Wildman–Crippen LogP) is 2.17. The van der Waals surface area contributed by atoms with Gasteiger partial charge in [-0.3, -0.25) is 4.79 Å². The molecule has 3 nitrogen and oxygen atoms in total. The van der Waals surface area contributed by atoms with Gasteiger partial charge in [-0.2, -0.15) is 5.26 Å². The van der Waals surface area contributed by atoms with Crippen LogP contribution in [0.25, 0.3) is 0 Å². The first kappa shape index (κ1) is 10.5. The van der Waals surface area contributed by atoms with Crippen molar-refractivity contribution in [3.63, 3.8) is 0 Å². The van der Waals surface area contributed by atoms with Crippen LogP contribution in [0.15, 0.2) is 18.2 Å². The SMILES string of the molecule is N#CC(C(=O)O)c1cc(F)cc(Cl)c1. The van der Waals surface area contributed by atoms with Crippen molar-refractivity contribution in [2.24, 2.45) is 0 Å². The molecule has 1 rings (SSSR count). The Kier molecular flexibility index (Phi) is 3.05. The number of benzene rings is 1. The first-order chi connectivity index (χ1) is 6.54. The lowest BCUT2D eigenvalue weighted by Gasteiger charge is -2.04. The Bertz CT molecular complexity index is 394. The quantitative estimate of drug-likeness (QED) is 0.819. The Morgan fingerprint density at radius 1 is 1.57 bits per heavy atom. The lowest BCUT2D eigenvalue weighted by Crippen LogP contribution is -2.09. The molecule has 1 aromatic rings. The molecule has 0 bridgehead atoms. The number of nitrogens with zero attached hydrogens (tertiary/aromatic N) is 1. The summed E-state index contributed by atoms with van der Waals surface area (Å²) in [5, 5.41) is 17.2. The van der Waals surface area contributed by atoms with Crippen LogP contribution in [0.2, 0.25) is 5.02 Å². The summed E-state index contributed by atoms with van der Waals surface area (Å²) in [6.45, 7) is 0. The molecule has 0 saturated heterocycles. The molecule has 0 aliphatic heterocycles. The smallest absolute Gasteiger partial charge is 0.325 e. The minimum absolute atomic E-state index is 0.0463. The minimum Gasteiger partial charge on any atom is -0.480 e. The standard InChI is InChI=1S/C9H5ClFNO2/c10-6-1-5(2-7(11)3-6)8(4-12)9(13)14/h1-3,8H,(H,13,14). The molecule has 1 atom stereocenters. The summed E-state index contributed by atoms with van der Waals surface area (Å²) in [6, 6.07) is 4.83. The largest absolute Gasteiger partial charge is 0.480 e. The van der Waals surface area contributed by atoms with Crippen LogP contribution in [0.4, 0.5) is 4.39 Å². The number of carboxylic acids is 1. The molecule has 1 unspecified atom stereocenters. The van der Waals surface area contributed by atoms with E-state index in [0.29, 0.717) is 0 Å². The second-order valence-electron chi connectivity index (χ2n) is 2.60. The minimum atomic E-state index is -1.39. The molecule has 0 saturated carbocycles. The average molecular weight is 214 g/mol. The van der Waals surface area contributed by atoms with E-state index in [1.165, 1.54) is 6.07 Å². The van der Waals surface area contributed by atoms with Gasteiger partial charge >= 0.3 is 5.97 Å². The molecule has 0 amide bonds. The van der Waals surface area contributed by atoms with E-state index in [1.54, 1.807) is 6.07 Å². The third-order valence-electron chi connectivity index (χ3n) is 1.59. The van der Waals surface area contributed by atoms with Gasteiger partial charge in [-0.25, -0.2) is 4.39 Å². The van der Waals surface area contributed by atoms with Crippen LogP contribution >= 0.6 is 11.6 Å². The van der Waals surface area contributed by atoms with Crippen LogP contribution in [0, 0.1) is 17.1 Å². The summed E-state index contributed by atoms with van der Waals surface area (Å²) in [5.74, 6) is -3.37. The van der Waals surface area contributed by atoms with Gasteiger partial charge in [-0.15, -0.1) is 0 Å². The number of carbonyl (C=O) groups is 1. The number of hydrogen-bond donors (Lipinski definition) is 1. The topological polar surface area (TPSA) is 61.1 Å². The first-order valence-corrected chi connectivity index (χ1v) is 4.01. The number of hydrogen-bond acceptors (Lipinski definition) is 2. The number of nitriles is 1. The van der Waals surface area contributed by atoms with Gasteiger partial charge in [0.15, 0.2) is 5.92 Å². The fourth-order valence-corrected chi connectivity index (χ4v) is 1.24. The van der Waals surface area contributed by atoms with Crippen LogP contribution in [0.5, 0.6) is 0 Å². The van der Waals surface area contributed by atoms with Crippen molar-refractivity contribution < 1.29 is 14.3 Å². The Morgan fingerprint density at radius 2 is 2.21 bits per heavy atom. The number of aliphatic carboxylic acids is 1. The highest BCUT2D eigenvalue weighted by Gasteiger charge is 2.19. The van der Waals surface area contributed by atoms with Crippen LogP contribution in [0.1, 0.15) is 11.5 Å². The highest BCUT2D eigenvalue weighted by Crippen LogP contribution is 2.21. The summed E-state index contributed by atoms with van der Waals surface area (Å²) in [5.41, 5.74) is 0.0463. The first-order valence-electron chi connectivity index (χ1n) is 3.63. The molecule has 0 aliphatic rings. The van der Waals surface area contributed by atoms with Crippen LogP contribution in [-0.2, 0) is 4.79 Å². The highest BCUT2D eigenvalue weighted by atomic mass is 35.5. The Hall–Kier alpha value is -1.60. The van der Waals surface area contributed by atoms with Gasteiger partial charge in [0.05, 0.1) is 6.07 Å². The van der Waals surface area contributed by atoms with E-state index in [-0.39, 0.29) is 10.6 Å². The highest BCUT2D eigenvalue weighted by molar-refractivity contribution is 6.30. The zero-order chi connectivity index (χ0) is 10.7. The van der Waals surface area contributed by atoms with E-state index >= 15 is 0 Å². The molecular formula is C9H5ClFNO2. The molecule has 72 valence electrons. The molecule has 0 heterocycles. The van der Waals surface area contributed by atoms with Crippen molar-refractivity contribution in [2.45, 2.75) is 5.92 Å². The summed E-state index contributed by atoms with van der Waals surface area (Å²) < 4.78 is 12.8. The molecule has 0 radical (unpaired) electrons. The fourth-order valence-electron chi connectivity index (χ4n) is 1.01. The monoisotopic (exact) mass is 213 g/mol. The van der Waals surface area contributed by atoms with Gasteiger partial charge in [0.2, 0.25) is 0 Å². The molecule has 1 N–H and O–H groups in total. The van der Waals surface area contributed by atoms with Gasteiger partial charge in [-0.1, -0.05) is 11.6 Å². The van der Waals surface area contributed by atoms with Crippen molar-refractivity contribution in [1.82, 2.24) is 0 Å². The van der Waals surface area contributed by atoms with Gasteiger partial charge in [0.1, 0.15) is 5.82 Å². The van der Waals surface area contributed by atoms with Gasteiger partial charge < -0.3 is 5.11 Å². The lowest BCUT2D eigenvalue weighted by molar-refractivity contribution is -0.137. The molecular weight excluding hydrogens is 209 g/mol. The van der Waals surface area contributed by atoms with Crippen LogP contribution in [-0.4, -0.2) is 11.1 Å². The summed E-state index contributed by atoms with van der Waals surface area (Å²) in [6.07, 6.45) is 0. The van der Waals surface area contributed by atoms with Crippen LogP contribution < -0.4 is 0 Å². The van der Waals surface area contributed by atoms with Crippen molar-refractivity contribution in [3.05, 3.63) is 34.6 Å². The second-order valence-corrected chi connectivity index (χ2v) is 3.04. The normalized spacial score (nSPS) is 11.8. The molecule has 0 spiro atoms. The Labute approximate surface area is 84.3 Å². The van der Waals surface area contributed by atoms with Crippen molar-refractivity contribution in [3.8, 4) is 6.07 Å². The van der Waals surface area contributed by atoms with Crippen molar-refractivity contribution in [1.29, 1.82) is 5.26 Å². The predicted molar refractivity (Wildman–Crippen MR) is 47.4 cm³/mol. The number of carboxylic acid groups (broad SMARTS) is 1. The van der Waals surface area contributed by atoms with E-state index in [0.717, 1.165) is 12.1 Å². The maximum Gasteiger partial charge on any atom is 0.325 e. The summed E-state index contributed by atoms with van der Waals surface area (Å²) in [4.78, 5) is 10.6. The zero-order valence-electron chi connectivity index (χ0n) is 6.87. The van der Waals surface area contributed by atoms with E-state index < -0.39 is 17.7 Å². The zero-order valence-corrected chi connectivity index (χ0v) is 7.62. The summed E-state index contributed by atoms with van der Waals surface area (Å²) >= 11 is 5.51. The molecule has 0 aliphatic carbocycles. The second kappa shape index (κ2) is 4.07. The lowest BCUT2D eigenvalue weighted by atomic mass is 10.0. The van der Waals surface area contributed by atoms with E-state index in [1.807, 2.05) is 0 Å². The number of halogens is 2. The molecule has 0 fully saturated rings. The fraction of sp³-hybridized carbons (Fsp3) is 0.111. The van der Waals surface area contributed by atoms with Crippen molar-refractivity contribution in [2.75, 3.05) is 0 Å². The maximum absolute atomic E-state index is 12.8. The van der Waals surface area contributed by atoms with E-state index in [4.69, 9.17) is 22.0 Å². The molecule has 14 heavy (non-hydrogen) atoms. The maximum atomic E-state index is 12.8. The van der Waals surface area contributed by atoms with Crippen LogP contribution in [0.3, 0.4) is 0 Å². The Balaban J connectivity index is 3.18. The van der Waals surface area contributed by atoms with Gasteiger partial charge in [0, 0.05) is 5.02 Å². The Morgan fingerprint density at radius 3 is 2.64 bits per heavy atom. The summed E-state index contributed by atoms with van der Waals surface area (Å²) in [7, 11) is 0.